The number of thioether (sulfide) groups is 1. The number of halogens is 2. The van der Waals surface area contributed by atoms with Crippen molar-refractivity contribution in [1.29, 1.82) is 0 Å². The first kappa shape index (κ1) is 25.4. The maximum Gasteiger partial charge on any atom is 0.266 e. The first-order valence-electron chi connectivity index (χ1n) is 11.4. The van der Waals surface area contributed by atoms with Gasteiger partial charge >= 0.3 is 0 Å². The number of aryl methyl sites for hydroxylation is 1. The predicted octanol–water partition coefficient (Wildman–Crippen LogP) is 8.28. The molecule has 4 rings (SSSR count). The number of carbonyl (C=O) groups is 1. The SMILES string of the molecule is CC[C@H](C)N1C(=O)/C(=C\c2ccc(OCc3ccc(Cl)cc3Cl)cc2)SC1=Nc1ccc(C)cc1. The fourth-order valence-electron chi connectivity index (χ4n) is 3.48. The number of amides is 1. The van der Waals surface area contributed by atoms with Crippen LogP contribution in [0.25, 0.3) is 6.08 Å². The van der Waals surface area contributed by atoms with Gasteiger partial charge in [-0.2, -0.15) is 0 Å². The summed E-state index contributed by atoms with van der Waals surface area (Å²) in [4.78, 5) is 20.5. The highest BCUT2D eigenvalue weighted by atomic mass is 35.5. The molecule has 4 nitrogen and oxygen atoms in total. The highest BCUT2D eigenvalue weighted by Gasteiger charge is 2.36. The molecule has 1 amide bonds. The van der Waals surface area contributed by atoms with E-state index in [0.717, 1.165) is 23.2 Å². The molecule has 1 atom stereocenters. The summed E-state index contributed by atoms with van der Waals surface area (Å²) < 4.78 is 5.87. The summed E-state index contributed by atoms with van der Waals surface area (Å²) >= 11 is 13.6. The molecular formula is C28H26Cl2N2O2S. The summed E-state index contributed by atoms with van der Waals surface area (Å²) in [5.41, 5.74) is 3.79. The summed E-state index contributed by atoms with van der Waals surface area (Å²) in [7, 11) is 0. The van der Waals surface area contributed by atoms with Crippen molar-refractivity contribution >= 4 is 57.8 Å². The number of hydrogen-bond acceptors (Lipinski definition) is 4. The van der Waals surface area contributed by atoms with E-state index in [4.69, 9.17) is 32.9 Å². The number of hydrogen-bond donors (Lipinski definition) is 0. The Hall–Kier alpha value is -2.73. The Kier molecular flexibility index (Phi) is 8.22. The molecule has 0 unspecified atom stereocenters. The first-order chi connectivity index (χ1) is 16.8. The van der Waals surface area contributed by atoms with E-state index in [2.05, 4.69) is 6.92 Å². The van der Waals surface area contributed by atoms with Crippen LogP contribution in [-0.2, 0) is 11.4 Å². The third kappa shape index (κ3) is 6.29. The number of carbonyl (C=O) groups excluding carboxylic acids is 1. The predicted molar refractivity (Wildman–Crippen MR) is 148 cm³/mol. The number of nitrogens with zero attached hydrogens (tertiary/aromatic N) is 2. The van der Waals surface area contributed by atoms with Crippen molar-refractivity contribution in [2.24, 2.45) is 4.99 Å². The van der Waals surface area contributed by atoms with E-state index < -0.39 is 0 Å². The quantitative estimate of drug-likeness (QED) is 0.292. The molecular weight excluding hydrogens is 499 g/mol. The van der Waals surface area contributed by atoms with Crippen LogP contribution in [0, 0.1) is 6.92 Å². The highest BCUT2D eigenvalue weighted by molar-refractivity contribution is 8.18. The second kappa shape index (κ2) is 11.3. The molecule has 3 aromatic rings. The first-order valence-corrected chi connectivity index (χ1v) is 13.0. The third-order valence-corrected chi connectivity index (χ3v) is 7.28. The van der Waals surface area contributed by atoms with E-state index in [0.29, 0.717) is 32.5 Å². The van der Waals surface area contributed by atoms with Gasteiger partial charge in [0.05, 0.1) is 10.6 Å². The van der Waals surface area contributed by atoms with Gasteiger partial charge in [-0.05, 0) is 80.1 Å². The van der Waals surface area contributed by atoms with E-state index in [1.807, 2.05) is 74.5 Å². The summed E-state index contributed by atoms with van der Waals surface area (Å²) in [6.45, 7) is 6.50. The molecule has 7 heteroatoms. The molecule has 0 spiro atoms. The molecule has 0 bridgehead atoms. The van der Waals surface area contributed by atoms with Crippen LogP contribution in [0.4, 0.5) is 5.69 Å². The van der Waals surface area contributed by atoms with Crippen LogP contribution in [0.5, 0.6) is 5.75 Å². The van der Waals surface area contributed by atoms with Gasteiger partial charge in [-0.3, -0.25) is 9.69 Å². The number of ether oxygens (including phenoxy) is 1. The Morgan fingerprint density at radius 2 is 1.77 bits per heavy atom. The number of amidine groups is 1. The van der Waals surface area contributed by atoms with Crippen LogP contribution in [0.15, 0.2) is 76.6 Å². The van der Waals surface area contributed by atoms with Crippen molar-refractivity contribution < 1.29 is 9.53 Å². The van der Waals surface area contributed by atoms with Gasteiger partial charge in [0, 0.05) is 21.7 Å². The van der Waals surface area contributed by atoms with E-state index in [9.17, 15) is 4.79 Å². The minimum absolute atomic E-state index is 0.0204. The van der Waals surface area contributed by atoms with Crippen molar-refractivity contribution in [3.63, 3.8) is 0 Å². The normalized spacial score (nSPS) is 16.8. The smallest absolute Gasteiger partial charge is 0.266 e. The van der Waals surface area contributed by atoms with Gasteiger partial charge in [-0.1, -0.05) is 66.0 Å². The van der Waals surface area contributed by atoms with Gasteiger partial charge in [0.25, 0.3) is 5.91 Å². The molecule has 1 fully saturated rings. The average molecular weight is 526 g/mol. The maximum absolute atomic E-state index is 13.3. The zero-order valence-corrected chi connectivity index (χ0v) is 22.1. The molecule has 1 saturated heterocycles. The standard InChI is InChI=1S/C28H26Cl2N2O2S/c1-4-19(3)32-27(33)26(35-28(32)31-23-11-5-18(2)6-12-23)15-20-7-13-24(14-8-20)34-17-21-9-10-22(29)16-25(21)30/h5-16,19H,4,17H2,1-3H3/b26-15+,31-28?/t19-/m0/s1. The third-order valence-electron chi connectivity index (χ3n) is 5.71. The Morgan fingerprint density at radius 1 is 1.06 bits per heavy atom. The van der Waals surface area contributed by atoms with E-state index in [1.165, 1.54) is 17.3 Å². The molecule has 1 aliphatic heterocycles. The Bertz CT molecular complexity index is 1270. The van der Waals surface area contributed by atoms with Crippen LogP contribution in [0.3, 0.4) is 0 Å². The minimum Gasteiger partial charge on any atom is -0.489 e. The molecule has 0 saturated carbocycles. The van der Waals surface area contributed by atoms with Gasteiger partial charge in [-0.15, -0.1) is 0 Å². The minimum atomic E-state index is -0.0204. The fraction of sp³-hybridized carbons (Fsp3) is 0.214. The van der Waals surface area contributed by atoms with Gasteiger partial charge in [-0.25, -0.2) is 4.99 Å². The van der Waals surface area contributed by atoms with Crippen LogP contribution in [-0.4, -0.2) is 22.0 Å². The lowest BCUT2D eigenvalue weighted by Gasteiger charge is -2.22. The van der Waals surface area contributed by atoms with Crippen LogP contribution in [0.2, 0.25) is 10.0 Å². The second-order valence-corrected chi connectivity index (χ2v) is 10.2. The van der Waals surface area contributed by atoms with Crippen LogP contribution >= 0.6 is 35.0 Å². The lowest BCUT2D eigenvalue weighted by atomic mass is 10.2. The topological polar surface area (TPSA) is 41.9 Å². The van der Waals surface area contributed by atoms with E-state index in [1.54, 1.807) is 17.0 Å². The molecule has 3 aromatic carbocycles. The van der Waals surface area contributed by atoms with Crippen molar-refractivity contribution in [3.05, 3.63) is 98.4 Å². The van der Waals surface area contributed by atoms with Gasteiger partial charge in [0.2, 0.25) is 0 Å². The van der Waals surface area contributed by atoms with Crippen molar-refractivity contribution in [1.82, 2.24) is 4.90 Å². The zero-order chi connectivity index (χ0) is 24.9. The molecule has 1 aliphatic rings. The summed E-state index contributed by atoms with van der Waals surface area (Å²) in [6, 6.07) is 21.0. The van der Waals surface area contributed by atoms with E-state index in [-0.39, 0.29) is 11.9 Å². The van der Waals surface area contributed by atoms with Crippen LogP contribution in [0.1, 0.15) is 37.0 Å². The molecule has 0 aliphatic carbocycles. The largest absolute Gasteiger partial charge is 0.489 e. The van der Waals surface area contributed by atoms with Crippen molar-refractivity contribution in [2.45, 2.75) is 39.8 Å². The Balaban J connectivity index is 1.50. The average Bonchev–Trinajstić information content (AvgIpc) is 3.14. The summed E-state index contributed by atoms with van der Waals surface area (Å²) in [5, 5.41) is 1.87. The molecule has 180 valence electrons. The lowest BCUT2D eigenvalue weighted by molar-refractivity contribution is -0.123. The summed E-state index contributed by atoms with van der Waals surface area (Å²) in [6.07, 6.45) is 2.75. The van der Waals surface area contributed by atoms with Gasteiger partial charge in [0.1, 0.15) is 12.4 Å². The number of rotatable bonds is 7. The highest BCUT2D eigenvalue weighted by Crippen LogP contribution is 2.36. The fourth-order valence-corrected chi connectivity index (χ4v) is 5.03. The molecule has 0 radical (unpaired) electrons. The van der Waals surface area contributed by atoms with Crippen LogP contribution < -0.4 is 4.74 Å². The Morgan fingerprint density at radius 3 is 2.43 bits per heavy atom. The zero-order valence-electron chi connectivity index (χ0n) is 19.8. The Labute approximate surface area is 220 Å². The molecule has 0 N–H and O–H groups in total. The monoisotopic (exact) mass is 524 g/mol. The maximum atomic E-state index is 13.3. The van der Waals surface area contributed by atoms with Gasteiger partial charge in [0.15, 0.2) is 5.17 Å². The van der Waals surface area contributed by atoms with Crippen molar-refractivity contribution in [2.75, 3.05) is 0 Å². The number of aliphatic imine (C=N–C) groups is 1. The summed E-state index contributed by atoms with van der Waals surface area (Å²) in [5.74, 6) is 0.694. The number of benzene rings is 3. The van der Waals surface area contributed by atoms with E-state index >= 15 is 0 Å². The van der Waals surface area contributed by atoms with Gasteiger partial charge < -0.3 is 4.74 Å². The molecule has 0 aromatic heterocycles. The lowest BCUT2D eigenvalue weighted by Crippen LogP contribution is -2.36. The van der Waals surface area contributed by atoms with Crippen molar-refractivity contribution in [3.8, 4) is 5.75 Å². The molecule has 1 heterocycles. The second-order valence-electron chi connectivity index (χ2n) is 8.37. The molecule has 35 heavy (non-hydrogen) atoms.